The van der Waals surface area contributed by atoms with E-state index in [1.54, 1.807) is 35.7 Å². The Kier molecular flexibility index (Phi) is 7.13. The molecule has 0 bridgehead atoms. The van der Waals surface area contributed by atoms with Crippen LogP contribution in [0.2, 0.25) is 0 Å². The summed E-state index contributed by atoms with van der Waals surface area (Å²) in [6.45, 7) is -0.101. The fourth-order valence-corrected chi connectivity index (χ4v) is 3.92. The Bertz CT molecular complexity index is 832. The fraction of sp³-hybridized carbons (Fsp3) is 0.250. The number of benzene rings is 1. The third-order valence-electron chi connectivity index (χ3n) is 3.12. The lowest BCUT2D eigenvalue weighted by atomic mass is 10.3. The largest absolute Gasteiger partial charge is 0.494 e. The van der Waals surface area contributed by atoms with Crippen LogP contribution in [-0.2, 0) is 19.6 Å². The minimum absolute atomic E-state index is 0.0372. The number of hydrogen-bond acceptors (Lipinski definition) is 6. The van der Waals surface area contributed by atoms with E-state index >= 15 is 0 Å². The second kappa shape index (κ2) is 9.32. The van der Waals surface area contributed by atoms with Crippen molar-refractivity contribution in [3.8, 4) is 5.75 Å². The van der Waals surface area contributed by atoms with Crippen LogP contribution in [0.15, 0.2) is 46.0 Å². The number of carboxylic acid groups (broad SMARTS) is 1. The number of sulfonamides is 1. The van der Waals surface area contributed by atoms with E-state index in [4.69, 9.17) is 9.84 Å². The average molecular weight is 398 g/mol. The predicted molar refractivity (Wildman–Crippen MR) is 96.9 cm³/mol. The van der Waals surface area contributed by atoms with Gasteiger partial charge in [-0.1, -0.05) is 6.07 Å². The Morgan fingerprint density at radius 2 is 1.88 bits per heavy atom. The zero-order valence-electron chi connectivity index (χ0n) is 13.7. The zero-order valence-corrected chi connectivity index (χ0v) is 15.3. The van der Waals surface area contributed by atoms with Gasteiger partial charge in [0.25, 0.3) is 10.0 Å². The number of carbonyl (C=O) groups excluding carboxylic acids is 1. The molecule has 140 valence electrons. The average Bonchev–Trinajstić information content (AvgIpc) is 3.14. The molecule has 2 aromatic rings. The minimum atomic E-state index is -3.68. The van der Waals surface area contributed by atoms with Crippen molar-refractivity contribution in [2.45, 2.75) is 17.1 Å². The van der Waals surface area contributed by atoms with Gasteiger partial charge >= 0.3 is 5.97 Å². The Labute approximate surface area is 154 Å². The van der Waals surface area contributed by atoms with Gasteiger partial charge in [-0.15, -0.1) is 11.3 Å². The number of amides is 1. The van der Waals surface area contributed by atoms with E-state index < -0.39 is 21.9 Å². The summed E-state index contributed by atoms with van der Waals surface area (Å²) >= 11 is 1.07. The molecule has 3 N–H and O–H groups in total. The summed E-state index contributed by atoms with van der Waals surface area (Å²) in [5.74, 6) is -0.826. The normalized spacial score (nSPS) is 11.1. The maximum Gasteiger partial charge on any atom is 0.303 e. The molecule has 1 amide bonds. The molecular formula is C16H18N2O6S2. The van der Waals surface area contributed by atoms with Gasteiger partial charge in [0.05, 0.1) is 13.2 Å². The van der Waals surface area contributed by atoms with Crippen LogP contribution in [0.25, 0.3) is 0 Å². The first-order chi connectivity index (χ1) is 12.4. The number of carboxylic acids is 1. The van der Waals surface area contributed by atoms with Crippen molar-refractivity contribution in [1.29, 1.82) is 0 Å². The van der Waals surface area contributed by atoms with Gasteiger partial charge in [-0.2, -0.15) is 0 Å². The maximum atomic E-state index is 11.9. The van der Waals surface area contributed by atoms with Gasteiger partial charge in [0.2, 0.25) is 5.91 Å². The third kappa shape index (κ3) is 6.47. The van der Waals surface area contributed by atoms with E-state index in [0.717, 1.165) is 11.3 Å². The highest BCUT2D eigenvalue weighted by Gasteiger charge is 2.16. The number of carbonyl (C=O) groups is 2. The van der Waals surface area contributed by atoms with Crippen molar-refractivity contribution in [2.75, 3.05) is 18.5 Å². The zero-order chi connectivity index (χ0) is 19.0. The molecule has 0 unspecified atom stereocenters. The Morgan fingerprint density at radius 1 is 1.15 bits per heavy atom. The number of nitrogens with one attached hydrogen (secondary N) is 2. The van der Waals surface area contributed by atoms with Gasteiger partial charge < -0.3 is 15.2 Å². The summed E-state index contributed by atoms with van der Waals surface area (Å²) in [5, 5.41) is 12.8. The molecule has 0 saturated heterocycles. The summed E-state index contributed by atoms with van der Waals surface area (Å²) < 4.78 is 31.6. The summed E-state index contributed by atoms with van der Waals surface area (Å²) in [4.78, 5) is 22.3. The standard InChI is InChI=1S/C16H18N2O6S2/c19-14(11-17-26(22,23)16-4-2-10-25-16)18-12-5-7-13(8-6-12)24-9-1-3-15(20)21/h2,4-8,10,17H,1,3,9,11H2,(H,18,19)(H,20,21). The SMILES string of the molecule is O=C(O)CCCOc1ccc(NC(=O)CNS(=O)(=O)c2cccs2)cc1. The second-order valence-electron chi connectivity index (χ2n) is 5.17. The second-order valence-corrected chi connectivity index (χ2v) is 8.12. The number of hydrogen-bond donors (Lipinski definition) is 3. The first kappa shape index (κ1) is 19.9. The number of ether oxygens (including phenoxy) is 1. The quantitative estimate of drug-likeness (QED) is 0.526. The van der Waals surface area contributed by atoms with Crippen LogP contribution in [0, 0.1) is 0 Å². The molecule has 0 spiro atoms. The van der Waals surface area contributed by atoms with E-state index in [1.165, 1.54) is 6.07 Å². The van der Waals surface area contributed by atoms with Crippen LogP contribution in [-0.4, -0.2) is 38.6 Å². The smallest absolute Gasteiger partial charge is 0.303 e. The van der Waals surface area contributed by atoms with E-state index in [2.05, 4.69) is 10.0 Å². The highest BCUT2D eigenvalue weighted by Crippen LogP contribution is 2.17. The molecule has 0 radical (unpaired) electrons. The van der Waals surface area contributed by atoms with Crippen molar-refractivity contribution in [3.63, 3.8) is 0 Å². The van der Waals surface area contributed by atoms with Crippen LogP contribution in [0.3, 0.4) is 0 Å². The summed E-state index contributed by atoms with van der Waals surface area (Å²) in [5.41, 5.74) is 0.489. The Morgan fingerprint density at radius 3 is 2.50 bits per heavy atom. The van der Waals surface area contributed by atoms with Gasteiger partial charge in [-0.3, -0.25) is 9.59 Å². The molecule has 1 aromatic heterocycles. The number of rotatable bonds is 10. The predicted octanol–water partition coefficient (Wildman–Crippen LogP) is 1.91. The maximum absolute atomic E-state index is 11.9. The molecule has 0 saturated carbocycles. The molecule has 0 aliphatic heterocycles. The van der Waals surface area contributed by atoms with E-state index in [0.29, 0.717) is 17.9 Å². The van der Waals surface area contributed by atoms with Crippen molar-refractivity contribution in [1.82, 2.24) is 4.72 Å². The van der Waals surface area contributed by atoms with Crippen molar-refractivity contribution in [2.24, 2.45) is 0 Å². The molecule has 0 aliphatic carbocycles. The highest BCUT2D eigenvalue weighted by molar-refractivity contribution is 7.91. The molecule has 1 aromatic carbocycles. The molecule has 8 nitrogen and oxygen atoms in total. The highest BCUT2D eigenvalue weighted by atomic mass is 32.2. The van der Waals surface area contributed by atoms with Crippen LogP contribution in [0.4, 0.5) is 5.69 Å². The third-order valence-corrected chi connectivity index (χ3v) is 5.92. The van der Waals surface area contributed by atoms with Crippen molar-refractivity contribution >= 4 is 38.9 Å². The van der Waals surface area contributed by atoms with Gasteiger partial charge in [0, 0.05) is 12.1 Å². The Balaban J connectivity index is 1.77. The molecule has 0 fully saturated rings. The Hall–Kier alpha value is -2.43. The molecule has 0 atom stereocenters. The molecular weight excluding hydrogens is 380 g/mol. The topological polar surface area (TPSA) is 122 Å². The van der Waals surface area contributed by atoms with Crippen LogP contribution in [0.1, 0.15) is 12.8 Å². The van der Waals surface area contributed by atoms with Gasteiger partial charge in [0.15, 0.2) is 0 Å². The lowest BCUT2D eigenvalue weighted by Crippen LogP contribution is -2.32. The van der Waals surface area contributed by atoms with E-state index in [9.17, 15) is 18.0 Å². The molecule has 2 rings (SSSR count). The van der Waals surface area contributed by atoms with E-state index in [-0.39, 0.29) is 23.8 Å². The number of thiophene rings is 1. The van der Waals surface area contributed by atoms with Crippen molar-refractivity contribution in [3.05, 3.63) is 41.8 Å². The van der Waals surface area contributed by atoms with Crippen molar-refractivity contribution < 1.29 is 27.9 Å². The van der Waals surface area contributed by atoms with Crippen LogP contribution >= 0.6 is 11.3 Å². The summed E-state index contributed by atoms with van der Waals surface area (Å²) in [6.07, 6.45) is 0.438. The molecule has 10 heteroatoms. The molecule has 0 aliphatic rings. The number of anilines is 1. The number of aliphatic carboxylic acids is 1. The first-order valence-corrected chi connectivity index (χ1v) is 10.0. The monoisotopic (exact) mass is 398 g/mol. The molecule has 26 heavy (non-hydrogen) atoms. The lowest BCUT2D eigenvalue weighted by molar-refractivity contribution is -0.137. The molecule has 1 heterocycles. The van der Waals surface area contributed by atoms with Gasteiger partial charge in [-0.05, 0) is 42.1 Å². The van der Waals surface area contributed by atoms with Gasteiger partial charge in [0.1, 0.15) is 9.96 Å². The minimum Gasteiger partial charge on any atom is -0.494 e. The van der Waals surface area contributed by atoms with E-state index in [1.807, 2.05) is 0 Å². The summed E-state index contributed by atoms with van der Waals surface area (Å²) in [7, 11) is -3.68. The lowest BCUT2D eigenvalue weighted by Gasteiger charge is -2.08. The fourth-order valence-electron chi connectivity index (χ4n) is 1.90. The van der Waals surface area contributed by atoms with Crippen LogP contribution < -0.4 is 14.8 Å². The first-order valence-electron chi connectivity index (χ1n) is 7.64. The van der Waals surface area contributed by atoms with Crippen LogP contribution in [0.5, 0.6) is 5.75 Å². The summed E-state index contributed by atoms with van der Waals surface area (Å²) in [6, 6.07) is 9.56. The van der Waals surface area contributed by atoms with Gasteiger partial charge in [-0.25, -0.2) is 13.1 Å².